The minimum absolute atomic E-state index is 0.207. The molecule has 5 rings (SSSR count). The monoisotopic (exact) mass is 436 g/mol. The molecule has 1 aliphatic rings. The lowest BCUT2D eigenvalue weighted by Gasteiger charge is -2.13. The average Bonchev–Trinajstić information content (AvgIpc) is 3.33. The maximum atomic E-state index is 13.6. The Balaban J connectivity index is 1.79. The Morgan fingerprint density at radius 1 is 1.03 bits per heavy atom. The zero-order valence-electron chi connectivity index (χ0n) is 16.7. The van der Waals surface area contributed by atoms with Crippen molar-refractivity contribution >= 4 is 33.2 Å². The van der Waals surface area contributed by atoms with E-state index < -0.39 is 0 Å². The summed E-state index contributed by atoms with van der Waals surface area (Å²) in [6.45, 7) is 2.46. The molecule has 6 heteroatoms. The molecule has 0 aliphatic heterocycles. The summed E-state index contributed by atoms with van der Waals surface area (Å²) in [6.07, 6.45) is 3.85. The molecular weight excluding hydrogens is 416 g/mol. The highest BCUT2D eigenvalue weighted by molar-refractivity contribution is 7.18. The standard InChI is InChI=1S/C24H21ClN2O2S/c1-2-15-9-11-18(12-10-15)27-22(28)21-19-7-4-8-20(19)30-23(21)26(24(27)29)14-16-5-3-6-17(25)13-16/h3,5-6,9-13H,2,4,7-8,14H2,1H3. The fraction of sp³-hybridized carbons (Fsp3) is 0.250. The Kier molecular flexibility index (Phi) is 4.88. The number of thiophene rings is 1. The van der Waals surface area contributed by atoms with E-state index in [1.165, 1.54) is 15.0 Å². The summed E-state index contributed by atoms with van der Waals surface area (Å²) in [7, 11) is 0. The molecule has 4 nitrogen and oxygen atoms in total. The maximum absolute atomic E-state index is 13.6. The van der Waals surface area contributed by atoms with Crippen LogP contribution in [0.2, 0.25) is 5.02 Å². The fourth-order valence-electron chi connectivity index (χ4n) is 4.27. The Hall–Kier alpha value is -2.63. The molecule has 2 heterocycles. The molecule has 2 aromatic carbocycles. The quantitative estimate of drug-likeness (QED) is 0.453. The minimum Gasteiger partial charge on any atom is -0.279 e. The molecule has 0 amide bonds. The number of hydrogen-bond donors (Lipinski definition) is 0. The number of aryl methyl sites for hydroxylation is 3. The molecule has 2 aromatic heterocycles. The first-order valence-electron chi connectivity index (χ1n) is 10.2. The van der Waals surface area contributed by atoms with E-state index in [0.29, 0.717) is 22.6 Å². The van der Waals surface area contributed by atoms with E-state index in [2.05, 4.69) is 6.92 Å². The molecule has 0 radical (unpaired) electrons. The van der Waals surface area contributed by atoms with Gasteiger partial charge in [0.25, 0.3) is 5.56 Å². The fourth-order valence-corrected chi connectivity index (χ4v) is 5.86. The number of rotatable bonds is 4. The van der Waals surface area contributed by atoms with Crippen LogP contribution in [0.5, 0.6) is 0 Å². The van der Waals surface area contributed by atoms with Gasteiger partial charge < -0.3 is 0 Å². The third kappa shape index (κ3) is 3.13. The lowest BCUT2D eigenvalue weighted by Crippen LogP contribution is -2.39. The number of benzene rings is 2. The van der Waals surface area contributed by atoms with Gasteiger partial charge in [-0.15, -0.1) is 11.3 Å². The summed E-state index contributed by atoms with van der Waals surface area (Å²) < 4.78 is 3.07. The molecule has 0 atom stereocenters. The van der Waals surface area contributed by atoms with Gasteiger partial charge in [-0.2, -0.15) is 0 Å². The van der Waals surface area contributed by atoms with Crippen molar-refractivity contribution in [1.29, 1.82) is 0 Å². The highest BCUT2D eigenvalue weighted by Crippen LogP contribution is 2.35. The van der Waals surface area contributed by atoms with Gasteiger partial charge in [0.15, 0.2) is 0 Å². The van der Waals surface area contributed by atoms with Gasteiger partial charge in [0, 0.05) is 9.90 Å². The third-order valence-electron chi connectivity index (χ3n) is 5.82. The normalized spacial score (nSPS) is 13.1. The van der Waals surface area contributed by atoms with Gasteiger partial charge in [-0.1, -0.05) is 42.8 Å². The van der Waals surface area contributed by atoms with Gasteiger partial charge in [0.05, 0.1) is 17.6 Å². The van der Waals surface area contributed by atoms with Crippen molar-refractivity contribution in [1.82, 2.24) is 9.13 Å². The summed E-state index contributed by atoms with van der Waals surface area (Å²) in [6, 6.07) is 15.2. The summed E-state index contributed by atoms with van der Waals surface area (Å²) in [5, 5.41) is 1.34. The van der Waals surface area contributed by atoms with Gasteiger partial charge in [-0.25, -0.2) is 9.36 Å². The predicted molar refractivity (Wildman–Crippen MR) is 124 cm³/mol. The molecule has 0 spiro atoms. The number of hydrogen-bond acceptors (Lipinski definition) is 3. The lowest BCUT2D eigenvalue weighted by molar-refractivity contribution is 0.718. The van der Waals surface area contributed by atoms with E-state index >= 15 is 0 Å². The molecular formula is C24H21ClN2O2S. The van der Waals surface area contributed by atoms with Crippen LogP contribution in [0.25, 0.3) is 15.9 Å². The minimum atomic E-state index is -0.309. The van der Waals surface area contributed by atoms with Crippen LogP contribution in [-0.4, -0.2) is 9.13 Å². The highest BCUT2D eigenvalue weighted by atomic mass is 35.5. The van der Waals surface area contributed by atoms with E-state index in [1.54, 1.807) is 15.9 Å². The van der Waals surface area contributed by atoms with Crippen molar-refractivity contribution < 1.29 is 0 Å². The molecule has 0 saturated carbocycles. The summed E-state index contributed by atoms with van der Waals surface area (Å²) in [5.41, 5.74) is 3.33. The van der Waals surface area contributed by atoms with E-state index in [0.717, 1.165) is 41.6 Å². The van der Waals surface area contributed by atoms with Crippen LogP contribution >= 0.6 is 22.9 Å². The molecule has 30 heavy (non-hydrogen) atoms. The molecule has 0 N–H and O–H groups in total. The number of fused-ring (bicyclic) bond motifs is 3. The van der Waals surface area contributed by atoms with Gasteiger partial charge in [0.2, 0.25) is 0 Å². The zero-order chi connectivity index (χ0) is 20.8. The summed E-state index contributed by atoms with van der Waals surface area (Å²) >= 11 is 7.76. The topological polar surface area (TPSA) is 44.0 Å². The Bertz CT molecular complexity index is 1380. The molecule has 1 aliphatic carbocycles. The second-order valence-electron chi connectivity index (χ2n) is 7.70. The number of aromatic nitrogens is 2. The first-order chi connectivity index (χ1) is 14.6. The van der Waals surface area contributed by atoms with Gasteiger partial charge in [0.1, 0.15) is 4.83 Å². The van der Waals surface area contributed by atoms with Crippen LogP contribution in [0.3, 0.4) is 0 Å². The molecule has 152 valence electrons. The third-order valence-corrected chi connectivity index (χ3v) is 7.37. The lowest BCUT2D eigenvalue weighted by atomic mass is 10.1. The van der Waals surface area contributed by atoms with Crippen LogP contribution in [0.1, 0.15) is 34.9 Å². The van der Waals surface area contributed by atoms with Gasteiger partial charge in [-0.05, 0) is 66.6 Å². The van der Waals surface area contributed by atoms with Crippen LogP contribution in [0.15, 0.2) is 58.1 Å². The van der Waals surface area contributed by atoms with E-state index in [9.17, 15) is 9.59 Å². The SMILES string of the molecule is CCc1ccc(-n2c(=O)c3c4c(sc3n(Cc3cccc(Cl)c3)c2=O)CCC4)cc1. The highest BCUT2D eigenvalue weighted by Gasteiger charge is 2.25. The zero-order valence-corrected chi connectivity index (χ0v) is 18.2. The summed E-state index contributed by atoms with van der Waals surface area (Å²) in [5.74, 6) is 0. The van der Waals surface area contributed by atoms with E-state index in [1.807, 2.05) is 48.5 Å². The Morgan fingerprint density at radius 3 is 2.57 bits per heavy atom. The van der Waals surface area contributed by atoms with Crippen LogP contribution in [-0.2, 0) is 25.8 Å². The molecule has 0 saturated heterocycles. The van der Waals surface area contributed by atoms with Crippen molar-refractivity contribution in [3.63, 3.8) is 0 Å². The van der Waals surface area contributed by atoms with Crippen molar-refractivity contribution in [2.75, 3.05) is 0 Å². The first-order valence-corrected chi connectivity index (χ1v) is 11.4. The molecule has 0 bridgehead atoms. The van der Waals surface area contributed by atoms with Crippen molar-refractivity contribution in [3.05, 3.63) is 96.0 Å². The Labute approximate surface area is 183 Å². The van der Waals surface area contributed by atoms with Crippen LogP contribution < -0.4 is 11.2 Å². The van der Waals surface area contributed by atoms with Crippen molar-refractivity contribution in [2.24, 2.45) is 0 Å². The molecule has 0 fully saturated rings. The predicted octanol–water partition coefficient (Wildman–Crippen LogP) is 4.97. The van der Waals surface area contributed by atoms with Gasteiger partial charge >= 0.3 is 5.69 Å². The first kappa shape index (κ1) is 19.3. The molecule has 4 aromatic rings. The van der Waals surface area contributed by atoms with Crippen LogP contribution in [0.4, 0.5) is 0 Å². The maximum Gasteiger partial charge on any atom is 0.337 e. The Morgan fingerprint density at radius 2 is 1.83 bits per heavy atom. The van der Waals surface area contributed by atoms with Crippen molar-refractivity contribution in [2.45, 2.75) is 39.2 Å². The van der Waals surface area contributed by atoms with Gasteiger partial charge in [-0.3, -0.25) is 9.36 Å². The second kappa shape index (κ2) is 7.56. The van der Waals surface area contributed by atoms with E-state index in [-0.39, 0.29) is 11.2 Å². The second-order valence-corrected chi connectivity index (χ2v) is 9.22. The largest absolute Gasteiger partial charge is 0.337 e. The summed E-state index contributed by atoms with van der Waals surface area (Å²) in [4.78, 5) is 29.1. The number of halogens is 1. The van der Waals surface area contributed by atoms with E-state index in [4.69, 9.17) is 11.6 Å². The molecule has 0 unspecified atom stereocenters. The van der Waals surface area contributed by atoms with Crippen molar-refractivity contribution in [3.8, 4) is 5.69 Å². The smallest absolute Gasteiger partial charge is 0.279 e. The van der Waals surface area contributed by atoms with Crippen LogP contribution in [0, 0.1) is 0 Å². The number of nitrogens with zero attached hydrogens (tertiary/aromatic N) is 2. The average molecular weight is 437 g/mol.